The van der Waals surface area contributed by atoms with E-state index in [1.165, 1.54) is 12.8 Å². The molecule has 1 unspecified atom stereocenters. The van der Waals surface area contributed by atoms with Gasteiger partial charge in [0.2, 0.25) is 0 Å². The summed E-state index contributed by atoms with van der Waals surface area (Å²) in [6.45, 7) is 4.27. The molecular formula is C14H18ClN3. The summed E-state index contributed by atoms with van der Waals surface area (Å²) < 4.78 is 2.30. The first-order valence-electron chi connectivity index (χ1n) is 6.51. The number of imidazole rings is 1. The van der Waals surface area contributed by atoms with Crippen molar-refractivity contribution in [1.29, 1.82) is 0 Å². The summed E-state index contributed by atoms with van der Waals surface area (Å²) in [5.41, 5.74) is 8.41. The molecule has 1 heterocycles. The van der Waals surface area contributed by atoms with Crippen molar-refractivity contribution in [3.63, 3.8) is 0 Å². The van der Waals surface area contributed by atoms with Crippen molar-refractivity contribution in [3.8, 4) is 0 Å². The molecule has 0 radical (unpaired) electrons. The first kappa shape index (κ1) is 12.0. The number of rotatable bonds is 3. The summed E-state index contributed by atoms with van der Waals surface area (Å²) in [5.74, 6) is 1.39. The third-order valence-electron chi connectivity index (χ3n) is 3.61. The molecule has 2 N–H and O–H groups in total. The maximum atomic E-state index is 6.29. The van der Waals surface area contributed by atoms with E-state index in [1.54, 1.807) is 0 Å². The number of halogens is 1. The zero-order valence-corrected chi connectivity index (χ0v) is 11.5. The van der Waals surface area contributed by atoms with Crippen LogP contribution in [0.2, 0.25) is 5.02 Å². The quantitative estimate of drug-likeness (QED) is 0.918. The molecule has 1 fully saturated rings. The van der Waals surface area contributed by atoms with Gasteiger partial charge in [-0.3, -0.25) is 0 Å². The zero-order chi connectivity index (χ0) is 12.9. The van der Waals surface area contributed by atoms with Crippen molar-refractivity contribution in [2.24, 2.45) is 11.7 Å². The normalized spacial score (nSPS) is 17.6. The second kappa shape index (κ2) is 4.25. The average Bonchev–Trinajstić information content (AvgIpc) is 3.09. The predicted octanol–water partition coefficient (Wildman–Crippen LogP) is 3.68. The first-order valence-corrected chi connectivity index (χ1v) is 6.88. The Labute approximate surface area is 112 Å². The van der Waals surface area contributed by atoms with Gasteiger partial charge >= 0.3 is 0 Å². The van der Waals surface area contributed by atoms with E-state index in [2.05, 4.69) is 18.4 Å². The number of nitrogens with two attached hydrogens (primary N) is 1. The van der Waals surface area contributed by atoms with Crippen LogP contribution in [-0.4, -0.2) is 9.55 Å². The first-order chi connectivity index (χ1) is 8.58. The van der Waals surface area contributed by atoms with Crippen LogP contribution in [0.5, 0.6) is 0 Å². The molecule has 1 atom stereocenters. The molecule has 1 aliphatic carbocycles. The maximum absolute atomic E-state index is 6.29. The maximum Gasteiger partial charge on any atom is 0.127 e. The van der Waals surface area contributed by atoms with Crippen molar-refractivity contribution < 1.29 is 0 Å². The smallest absolute Gasteiger partial charge is 0.127 e. The average molecular weight is 264 g/mol. The van der Waals surface area contributed by atoms with E-state index in [1.807, 2.05) is 18.2 Å². The van der Waals surface area contributed by atoms with Crippen LogP contribution in [-0.2, 0) is 0 Å². The van der Waals surface area contributed by atoms with Crippen LogP contribution in [0, 0.1) is 5.92 Å². The van der Waals surface area contributed by atoms with Gasteiger partial charge in [0.25, 0.3) is 0 Å². The zero-order valence-electron chi connectivity index (χ0n) is 10.7. The summed E-state index contributed by atoms with van der Waals surface area (Å²) in [5, 5.41) is 0.758. The Morgan fingerprint density at radius 1 is 1.39 bits per heavy atom. The highest BCUT2D eigenvalue weighted by Gasteiger charge is 2.30. The van der Waals surface area contributed by atoms with Gasteiger partial charge < -0.3 is 10.3 Å². The molecule has 0 amide bonds. The fraction of sp³-hybridized carbons (Fsp3) is 0.500. The molecule has 18 heavy (non-hydrogen) atoms. The minimum absolute atomic E-state index is 0.0169. The summed E-state index contributed by atoms with van der Waals surface area (Å²) in [4.78, 5) is 4.72. The lowest BCUT2D eigenvalue weighted by molar-refractivity contribution is 0.470. The minimum atomic E-state index is -0.0169. The largest absolute Gasteiger partial charge is 0.323 e. The highest BCUT2D eigenvalue weighted by atomic mass is 35.5. The van der Waals surface area contributed by atoms with Gasteiger partial charge in [-0.15, -0.1) is 0 Å². The fourth-order valence-corrected chi connectivity index (χ4v) is 2.50. The van der Waals surface area contributed by atoms with Crippen LogP contribution in [0.15, 0.2) is 18.2 Å². The highest BCUT2D eigenvalue weighted by molar-refractivity contribution is 6.31. The molecule has 1 saturated carbocycles. The molecule has 1 aliphatic rings. The molecule has 0 bridgehead atoms. The Morgan fingerprint density at radius 2 is 2.11 bits per heavy atom. The second-order valence-corrected chi connectivity index (χ2v) is 5.91. The third kappa shape index (κ3) is 1.91. The molecule has 1 aromatic carbocycles. The van der Waals surface area contributed by atoms with E-state index in [0.717, 1.165) is 21.9 Å². The van der Waals surface area contributed by atoms with Crippen molar-refractivity contribution in [2.75, 3.05) is 0 Å². The Balaban J connectivity index is 2.21. The van der Waals surface area contributed by atoms with Crippen LogP contribution in [0.4, 0.5) is 0 Å². The number of hydrogen-bond acceptors (Lipinski definition) is 2. The highest BCUT2D eigenvalue weighted by Crippen LogP contribution is 2.40. The van der Waals surface area contributed by atoms with E-state index < -0.39 is 0 Å². The fourth-order valence-electron chi connectivity index (χ4n) is 2.33. The van der Waals surface area contributed by atoms with E-state index in [9.17, 15) is 0 Å². The van der Waals surface area contributed by atoms with Gasteiger partial charge in [0, 0.05) is 11.1 Å². The minimum Gasteiger partial charge on any atom is -0.323 e. The molecule has 1 aromatic heterocycles. The van der Waals surface area contributed by atoms with Gasteiger partial charge in [-0.1, -0.05) is 25.4 Å². The summed E-state index contributed by atoms with van der Waals surface area (Å²) in [7, 11) is 0. The molecule has 3 nitrogen and oxygen atoms in total. The molecule has 0 spiro atoms. The Hall–Kier alpha value is -1.06. The molecule has 4 heteroatoms. The molecular weight excluding hydrogens is 246 g/mol. The van der Waals surface area contributed by atoms with E-state index >= 15 is 0 Å². The molecule has 96 valence electrons. The molecule has 0 saturated heterocycles. The Morgan fingerprint density at radius 3 is 2.72 bits per heavy atom. The molecule has 2 aromatic rings. The monoisotopic (exact) mass is 263 g/mol. The van der Waals surface area contributed by atoms with Gasteiger partial charge in [0.05, 0.1) is 17.1 Å². The van der Waals surface area contributed by atoms with Crippen molar-refractivity contribution in [3.05, 3.63) is 29.0 Å². The van der Waals surface area contributed by atoms with Crippen molar-refractivity contribution in [2.45, 2.75) is 38.8 Å². The lowest BCUT2D eigenvalue weighted by atomic mass is 10.1. The molecule has 3 rings (SSSR count). The second-order valence-electron chi connectivity index (χ2n) is 5.47. The predicted molar refractivity (Wildman–Crippen MR) is 74.8 cm³/mol. The third-order valence-corrected chi connectivity index (χ3v) is 3.84. The van der Waals surface area contributed by atoms with Crippen LogP contribution < -0.4 is 5.73 Å². The van der Waals surface area contributed by atoms with E-state index in [-0.39, 0.29) is 6.04 Å². The number of nitrogens with zero attached hydrogens (tertiary/aromatic N) is 2. The Kier molecular flexibility index (Phi) is 2.83. The summed E-state index contributed by atoms with van der Waals surface area (Å²) in [6, 6.07) is 6.41. The van der Waals surface area contributed by atoms with Crippen molar-refractivity contribution in [1.82, 2.24) is 9.55 Å². The molecule has 0 aliphatic heterocycles. The van der Waals surface area contributed by atoms with Crippen LogP contribution >= 0.6 is 11.6 Å². The van der Waals surface area contributed by atoms with Crippen LogP contribution in [0.25, 0.3) is 11.0 Å². The van der Waals surface area contributed by atoms with E-state index in [0.29, 0.717) is 12.0 Å². The lowest BCUT2D eigenvalue weighted by Crippen LogP contribution is -2.21. The van der Waals surface area contributed by atoms with Crippen LogP contribution in [0.3, 0.4) is 0 Å². The van der Waals surface area contributed by atoms with Gasteiger partial charge in [0.15, 0.2) is 0 Å². The number of benzene rings is 1. The van der Waals surface area contributed by atoms with Gasteiger partial charge in [-0.2, -0.15) is 0 Å². The number of aromatic nitrogens is 2. The van der Waals surface area contributed by atoms with Gasteiger partial charge in [-0.05, 0) is 37.0 Å². The van der Waals surface area contributed by atoms with Gasteiger partial charge in [0.1, 0.15) is 5.82 Å². The summed E-state index contributed by atoms with van der Waals surface area (Å²) in [6.07, 6.45) is 2.44. The standard InChI is InChI=1S/C14H18ClN3/c1-8(2)13(16)14-17-11-6-3-9(15)7-12(11)18(14)10-4-5-10/h3,6-8,10,13H,4-5,16H2,1-2H3. The summed E-state index contributed by atoms with van der Waals surface area (Å²) >= 11 is 6.09. The number of hydrogen-bond donors (Lipinski definition) is 1. The number of fused-ring (bicyclic) bond motifs is 1. The van der Waals surface area contributed by atoms with Crippen LogP contribution in [0.1, 0.15) is 44.6 Å². The Bertz CT molecular complexity index is 584. The topological polar surface area (TPSA) is 43.8 Å². The lowest BCUT2D eigenvalue weighted by Gasteiger charge is -2.17. The SMILES string of the molecule is CC(C)C(N)c1nc2ccc(Cl)cc2n1C1CC1. The van der Waals surface area contributed by atoms with Gasteiger partial charge in [-0.25, -0.2) is 4.98 Å². The van der Waals surface area contributed by atoms with E-state index in [4.69, 9.17) is 22.3 Å². The van der Waals surface area contributed by atoms with Crippen molar-refractivity contribution >= 4 is 22.6 Å².